The average Bonchev–Trinajstić information content (AvgIpc) is 2.73. The van der Waals surface area contributed by atoms with Gasteiger partial charge in [0.25, 0.3) is 0 Å². The third-order valence-corrected chi connectivity index (χ3v) is 2.91. The number of hydrogen-bond donors (Lipinski definition) is 1. The number of halogens is 1. The summed E-state index contributed by atoms with van der Waals surface area (Å²) < 4.78 is 20.2. The van der Waals surface area contributed by atoms with Crippen molar-refractivity contribution in [2.75, 3.05) is 7.11 Å². The van der Waals surface area contributed by atoms with E-state index < -0.39 is 11.8 Å². The van der Waals surface area contributed by atoms with E-state index in [9.17, 15) is 9.18 Å². The fourth-order valence-corrected chi connectivity index (χ4v) is 1.76. The van der Waals surface area contributed by atoms with Crippen molar-refractivity contribution in [1.29, 1.82) is 0 Å². The molecule has 0 atom stereocenters. The van der Waals surface area contributed by atoms with Crippen molar-refractivity contribution in [3.05, 3.63) is 47.0 Å². The van der Waals surface area contributed by atoms with Crippen LogP contribution < -0.4 is 4.74 Å². The van der Waals surface area contributed by atoms with Gasteiger partial charge in [-0.3, -0.25) is 4.68 Å². The van der Waals surface area contributed by atoms with Crippen LogP contribution in [0.5, 0.6) is 5.75 Å². The van der Waals surface area contributed by atoms with Crippen molar-refractivity contribution in [3.8, 4) is 5.75 Å². The summed E-state index contributed by atoms with van der Waals surface area (Å²) in [5.41, 5.74) is 1.03. The van der Waals surface area contributed by atoms with E-state index in [4.69, 9.17) is 9.84 Å². The fourth-order valence-electron chi connectivity index (χ4n) is 1.76. The fraction of sp³-hybridized carbons (Fsp3) is 0.231. The molecule has 5 nitrogen and oxygen atoms in total. The van der Waals surface area contributed by atoms with Crippen molar-refractivity contribution >= 4 is 5.97 Å². The van der Waals surface area contributed by atoms with Gasteiger partial charge in [-0.15, -0.1) is 0 Å². The minimum Gasteiger partial charge on any atom is -0.497 e. The molecule has 1 N–H and O–H groups in total. The lowest BCUT2D eigenvalue weighted by Gasteiger charge is -2.07. The summed E-state index contributed by atoms with van der Waals surface area (Å²) in [6.45, 7) is 1.81. The van der Waals surface area contributed by atoms with Gasteiger partial charge in [0.15, 0.2) is 0 Å². The van der Waals surface area contributed by atoms with Crippen molar-refractivity contribution in [1.82, 2.24) is 9.78 Å². The van der Waals surface area contributed by atoms with E-state index in [2.05, 4.69) is 5.10 Å². The smallest absolute Gasteiger partial charge is 0.339 e. The summed E-state index contributed by atoms with van der Waals surface area (Å²) in [6.07, 6.45) is 1.26. The van der Waals surface area contributed by atoms with Crippen LogP contribution in [0.4, 0.5) is 4.39 Å². The van der Waals surface area contributed by atoms with Gasteiger partial charge >= 0.3 is 5.97 Å². The molecular weight excluding hydrogens is 251 g/mol. The Kier molecular flexibility index (Phi) is 3.50. The van der Waals surface area contributed by atoms with Gasteiger partial charge in [-0.2, -0.15) is 5.10 Å². The summed E-state index contributed by atoms with van der Waals surface area (Å²) in [6, 6.07) is 4.53. The highest BCUT2D eigenvalue weighted by molar-refractivity contribution is 5.88. The molecule has 0 aliphatic rings. The minimum absolute atomic E-state index is 0.119. The Morgan fingerprint density at radius 1 is 1.53 bits per heavy atom. The van der Waals surface area contributed by atoms with Gasteiger partial charge in [0.05, 0.1) is 25.5 Å². The van der Waals surface area contributed by atoms with Gasteiger partial charge < -0.3 is 9.84 Å². The number of carboxylic acid groups (broad SMARTS) is 1. The molecule has 100 valence electrons. The first-order valence-electron chi connectivity index (χ1n) is 5.61. The van der Waals surface area contributed by atoms with E-state index in [1.54, 1.807) is 19.1 Å². The standard InChI is InChI=1S/C13H13FN2O3/c1-8-11(13(17)18)6-15-16(8)7-9-3-4-10(19-2)5-12(9)14/h3-6H,7H2,1-2H3,(H,17,18). The second-order valence-electron chi connectivity index (χ2n) is 4.06. The maximum Gasteiger partial charge on any atom is 0.339 e. The van der Waals surface area contributed by atoms with Crippen LogP contribution in [-0.2, 0) is 6.54 Å². The molecule has 0 saturated carbocycles. The number of benzene rings is 1. The number of aromatic carboxylic acids is 1. The second kappa shape index (κ2) is 5.09. The van der Waals surface area contributed by atoms with E-state index in [1.807, 2.05) is 0 Å². The highest BCUT2D eigenvalue weighted by Gasteiger charge is 2.14. The maximum atomic E-state index is 13.8. The number of aromatic nitrogens is 2. The highest BCUT2D eigenvalue weighted by Crippen LogP contribution is 2.18. The number of rotatable bonds is 4. The SMILES string of the molecule is COc1ccc(Cn2ncc(C(=O)O)c2C)c(F)c1. The van der Waals surface area contributed by atoms with E-state index in [-0.39, 0.29) is 12.1 Å². The molecule has 2 aromatic rings. The third-order valence-electron chi connectivity index (χ3n) is 2.91. The first-order valence-corrected chi connectivity index (χ1v) is 5.61. The first kappa shape index (κ1) is 13.1. The molecule has 0 bridgehead atoms. The van der Waals surface area contributed by atoms with Crippen molar-refractivity contribution < 1.29 is 19.0 Å². The van der Waals surface area contributed by atoms with Gasteiger partial charge in [-0.1, -0.05) is 6.07 Å². The van der Waals surface area contributed by atoms with Crippen LogP contribution in [0.2, 0.25) is 0 Å². The molecule has 0 spiro atoms. The van der Waals surface area contributed by atoms with E-state index in [1.165, 1.54) is 24.1 Å². The molecule has 1 heterocycles. The number of methoxy groups -OCH3 is 1. The summed E-state index contributed by atoms with van der Waals surface area (Å²) in [5.74, 6) is -1.02. The Bertz CT molecular complexity index is 622. The predicted molar refractivity (Wildman–Crippen MR) is 66.0 cm³/mol. The van der Waals surface area contributed by atoms with E-state index >= 15 is 0 Å². The Morgan fingerprint density at radius 3 is 2.79 bits per heavy atom. The Labute approximate surface area is 109 Å². The van der Waals surface area contributed by atoms with Crippen molar-refractivity contribution in [2.45, 2.75) is 13.5 Å². The normalized spacial score (nSPS) is 10.5. The number of ether oxygens (including phenoxy) is 1. The van der Waals surface area contributed by atoms with Gasteiger partial charge in [-0.25, -0.2) is 9.18 Å². The molecule has 1 aromatic heterocycles. The molecule has 6 heteroatoms. The zero-order valence-electron chi connectivity index (χ0n) is 10.6. The van der Waals surface area contributed by atoms with Crippen molar-refractivity contribution in [3.63, 3.8) is 0 Å². The third kappa shape index (κ3) is 2.57. The quantitative estimate of drug-likeness (QED) is 0.918. The number of nitrogens with zero attached hydrogens (tertiary/aromatic N) is 2. The Balaban J connectivity index is 2.29. The lowest BCUT2D eigenvalue weighted by Crippen LogP contribution is -2.07. The van der Waals surface area contributed by atoms with E-state index in [0.29, 0.717) is 17.0 Å². The van der Waals surface area contributed by atoms with E-state index in [0.717, 1.165) is 0 Å². The van der Waals surface area contributed by atoms with Crippen LogP contribution in [0.25, 0.3) is 0 Å². The lowest BCUT2D eigenvalue weighted by molar-refractivity contribution is 0.0696. The summed E-state index contributed by atoms with van der Waals surface area (Å²) in [7, 11) is 1.46. The summed E-state index contributed by atoms with van der Waals surface area (Å²) in [5, 5.41) is 12.9. The number of carboxylic acids is 1. The van der Waals surface area contributed by atoms with Crippen LogP contribution >= 0.6 is 0 Å². The predicted octanol–water partition coefficient (Wildman–Crippen LogP) is 2.09. The summed E-state index contributed by atoms with van der Waals surface area (Å²) >= 11 is 0. The van der Waals surface area contributed by atoms with Gasteiger partial charge in [0, 0.05) is 11.6 Å². The average molecular weight is 264 g/mol. The zero-order chi connectivity index (χ0) is 14.0. The van der Waals surface area contributed by atoms with Crippen LogP contribution in [-0.4, -0.2) is 28.0 Å². The largest absolute Gasteiger partial charge is 0.497 e. The molecule has 0 saturated heterocycles. The van der Waals surface area contributed by atoms with Gasteiger partial charge in [-0.05, 0) is 13.0 Å². The molecule has 0 aliphatic carbocycles. The maximum absolute atomic E-state index is 13.8. The van der Waals surface area contributed by atoms with Crippen molar-refractivity contribution in [2.24, 2.45) is 0 Å². The second-order valence-corrected chi connectivity index (χ2v) is 4.06. The molecule has 0 aliphatic heterocycles. The van der Waals surface area contributed by atoms with Crippen LogP contribution in [0.15, 0.2) is 24.4 Å². The molecular formula is C13H13FN2O3. The summed E-state index contributed by atoms with van der Waals surface area (Å²) in [4.78, 5) is 10.9. The molecule has 19 heavy (non-hydrogen) atoms. The first-order chi connectivity index (χ1) is 9.02. The molecule has 1 aromatic carbocycles. The number of hydrogen-bond acceptors (Lipinski definition) is 3. The monoisotopic (exact) mass is 264 g/mol. The number of carbonyl (C=O) groups is 1. The molecule has 0 unspecified atom stereocenters. The lowest BCUT2D eigenvalue weighted by atomic mass is 10.2. The van der Waals surface area contributed by atoms with Crippen LogP contribution in [0.3, 0.4) is 0 Å². The Morgan fingerprint density at radius 2 is 2.26 bits per heavy atom. The topological polar surface area (TPSA) is 64.4 Å². The molecule has 0 fully saturated rings. The van der Waals surface area contributed by atoms with Gasteiger partial charge in [0.1, 0.15) is 17.1 Å². The molecule has 0 radical (unpaired) electrons. The highest BCUT2D eigenvalue weighted by atomic mass is 19.1. The minimum atomic E-state index is -1.04. The van der Waals surface area contributed by atoms with Crippen LogP contribution in [0, 0.1) is 12.7 Å². The Hall–Kier alpha value is -2.37. The van der Waals surface area contributed by atoms with Crippen LogP contribution in [0.1, 0.15) is 21.6 Å². The molecule has 2 rings (SSSR count). The molecule has 0 amide bonds. The zero-order valence-corrected chi connectivity index (χ0v) is 10.6. The van der Waals surface area contributed by atoms with Gasteiger partial charge in [0.2, 0.25) is 0 Å².